The van der Waals surface area contributed by atoms with E-state index in [4.69, 9.17) is 0 Å². The van der Waals surface area contributed by atoms with Crippen LogP contribution in [0.4, 0.5) is 0 Å². The maximum Gasteiger partial charge on any atom is 0.291 e. The molecule has 0 atom stereocenters. The average molecular weight is 343 g/mol. The molecule has 0 bridgehead atoms. The summed E-state index contributed by atoms with van der Waals surface area (Å²) in [5, 5.41) is 15.5. The standard InChI is InChI=1S/C20H17N5O/c1-14-7-5-6-10-16(14)13-21-20(26)19-23-22-18-12-11-17(24-25(18)19)15-8-3-2-4-9-15/h2-12H,13H2,1H3,(H,21,26). The number of rotatable bonds is 4. The molecular weight excluding hydrogens is 326 g/mol. The number of nitrogens with one attached hydrogen (secondary N) is 1. The monoisotopic (exact) mass is 343 g/mol. The van der Waals surface area contributed by atoms with E-state index in [1.54, 1.807) is 6.07 Å². The summed E-state index contributed by atoms with van der Waals surface area (Å²) >= 11 is 0. The Morgan fingerprint density at radius 1 is 0.962 bits per heavy atom. The molecule has 0 saturated carbocycles. The smallest absolute Gasteiger partial charge is 0.291 e. The van der Waals surface area contributed by atoms with E-state index in [1.165, 1.54) is 4.52 Å². The highest BCUT2D eigenvalue weighted by Crippen LogP contribution is 2.16. The van der Waals surface area contributed by atoms with Crippen molar-refractivity contribution < 1.29 is 4.79 Å². The number of aryl methyl sites for hydroxylation is 1. The minimum atomic E-state index is -0.307. The first-order valence-corrected chi connectivity index (χ1v) is 8.33. The molecule has 4 rings (SSSR count). The van der Waals surface area contributed by atoms with Crippen LogP contribution in [-0.2, 0) is 6.54 Å². The van der Waals surface area contributed by atoms with Gasteiger partial charge in [0.1, 0.15) is 0 Å². The van der Waals surface area contributed by atoms with Gasteiger partial charge in [0.2, 0.25) is 5.82 Å². The largest absolute Gasteiger partial charge is 0.345 e. The molecular formula is C20H17N5O. The van der Waals surface area contributed by atoms with E-state index < -0.39 is 0 Å². The minimum absolute atomic E-state index is 0.173. The van der Waals surface area contributed by atoms with Crippen molar-refractivity contribution in [1.29, 1.82) is 0 Å². The van der Waals surface area contributed by atoms with Crippen LogP contribution in [0.3, 0.4) is 0 Å². The molecule has 0 unspecified atom stereocenters. The van der Waals surface area contributed by atoms with Crippen molar-refractivity contribution in [2.24, 2.45) is 0 Å². The first-order chi connectivity index (χ1) is 12.7. The number of hydrogen-bond donors (Lipinski definition) is 1. The van der Waals surface area contributed by atoms with E-state index in [0.29, 0.717) is 12.2 Å². The molecule has 0 aliphatic rings. The zero-order valence-corrected chi connectivity index (χ0v) is 14.3. The van der Waals surface area contributed by atoms with E-state index in [-0.39, 0.29) is 11.7 Å². The van der Waals surface area contributed by atoms with Crippen molar-refractivity contribution in [2.75, 3.05) is 0 Å². The molecule has 6 nitrogen and oxygen atoms in total. The fraction of sp³-hybridized carbons (Fsp3) is 0.100. The summed E-state index contributed by atoms with van der Waals surface area (Å²) in [5.74, 6) is -0.134. The second-order valence-electron chi connectivity index (χ2n) is 5.99. The molecule has 0 spiro atoms. The average Bonchev–Trinajstić information content (AvgIpc) is 3.11. The number of carbonyl (C=O) groups excluding carboxylic acids is 1. The Bertz CT molecular complexity index is 1070. The van der Waals surface area contributed by atoms with Crippen molar-refractivity contribution in [3.8, 4) is 11.3 Å². The molecule has 2 heterocycles. The van der Waals surface area contributed by atoms with Gasteiger partial charge in [-0.05, 0) is 30.2 Å². The summed E-state index contributed by atoms with van der Waals surface area (Å²) in [5.41, 5.74) is 4.45. The van der Waals surface area contributed by atoms with Crippen LogP contribution in [0.25, 0.3) is 16.9 Å². The van der Waals surface area contributed by atoms with E-state index >= 15 is 0 Å². The van der Waals surface area contributed by atoms with Crippen molar-refractivity contribution >= 4 is 11.6 Å². The summed E-state index contributed by atoms with van der Waals surface area (Å²) in [7, 11) is 0. The Balaban J connectivity index is 1.62. The number of hydrogen-bond acceptors (Lipinski definition) is 4. The predicted molar refractivity (Wildman–Crippen MR) is 98.6 cm³/mol. The maximum atomic E-state index is 12.6. The van der Waals surface area contributed by atoms with Gasteiger partial charge >= 0.3 is 0 Å². The topological polar surface area (TPSA) is 72.2 Å². The lowest BCUT2D eigenvalue weighted by Gasteiger charge is -2.07. The summed E-state index contributed by atoms with van der Waals surface area (Å²) in [6.45, 7) is 2.44. The third-order valence-corrected chi connectivity index (χ3v) is 4.24. The van der Waals surface area contributed by atoms with Crippen LogP contribution in [0.1, 0.15) is 21.7 Å². The first-order valence-electron chi connectivity index (χ1n) is 8.33. The lowest BCUT2D eigenvalue weighted by atomic mass is 10.1. The van der Waals surface area contributed by atoms with Crippen LogP contribution in [0.2, 0.25) is 0 Å². The van der Waals surface area contributed by atoms with Crippen LogP contribution in [0.15, 0.2) is 66.7 Å². The number of aromatic nitrogens is 4. The van der Waals surface area contributed by atoms with Gasteiger partial charge < -0.3 is 5.32 Å². The predicted octanol–water partition coefficient (Wildman–Crippen LogP) is 3.03. The highest BCUT2D eigenvalue weighted by molar-refractivity contribution is 5.91. The van der Waals surface area contributed by atoms with Crippen LogP contribution >= 0.6 is 0 Å². The SMILES string of the molecule is Cc1ccccc1CNC(=O)c1nnc2ccc(-c3ccccc3)nn12. The van der Waals surface area contributed by atoms with E-state index in [0.717, 1.165) is 22.4 Å². The minimum Gasteiger partial charge on any atom is -0.345 e. The number of carbonyl (C=O) groups is 1. The summed E-state index contributed by atoms with van der Waals surface area (Å²) < 4.78 is 1.48. The number of fused-ring (bicyclic) bond motifs is 1. The molecule has 2 aromatic carbocycles. The Morgan fingerprint density at radius 2 is 1.73 bits per heavy atom. The Kier molecular flexibility index (Phi) is 4.15. The molecule has 26 heavy (non-hydrogen) atoms. The maximum absolute atomic E-state index is 12.6. The summed E-state index contributed by atoms with van der Waals surface area (Å²) in [6, 6.07) is 21.4. The van der Waals surface area contributed by atoms with Crippen molar-refractivity contribution in [2.45, 2.75) is 13.5 Å². The van der Waals surface area contributed by atoms with E-state index in [2.05, 4.69) is 20.6 Å². The highest BCUT2D eigenvalue weighted by atomic mass is 16.2. The van der Waals surface area contributed by atoms with Crippen LogP contribution < -0.4 is 5.32 Å². The van der Waals surface area contributed by atoms with E-state index in [9.17, 15) is 4.79 Å². The van der Waals surface area contributed by atoms with Gasteiger partial charge in [-0.3, -0.25) is 4.79 Å². The van der Waals surface area contributed by atoms with Gasteiger partial charge in [0.05, 0.1) is 5.69 Å². The molecule has 4 aromatic rings. The normalized spacial score (nSPS) is 10.8. The van der Waals surface area contributed by atoms with Gasteiger partial charge in [0.25, 0.3) is 5.91 Å². The molecule has 1 N–H and O–H groups in total. The lowest BCUT2D eigenvalue weighted by Crippen LogP contribution is -2.25. The van der Waals surface area contributed by atoms with Crippen LogP contribution in [-0.4, -0.2) is 25.7 Å². The molecule has 1 amide bonds. The number of benzene rings is 2. The zero-order valence-electron chi connectivity index (χ0n) is 14.3. The molecule has 0 fully saturated rings. The second kappa shape index (κ2) is 6.76. The fourth-order valence-electron chi connectivity index (χ4n) is 2.76. The van der Waals surface area contributed by atoms with Crippen molar-refractivity contribution in [3.63, 3.8) is 0 Å². The summed E-state index contributed by atoms with van der Waals surface area (Å²) in [4.78, 5) is 12.6. The van der Waals surface area contributed by atoms with Gasteiger partial charge in [-0.15, -0.1) is 10.2 Å². The fourth-order valence-corrected chi connectivity index (χ4v) is 2.76. The van der Waals surface area contributed by atoms with Crippen LogP contribution in [0.5, 0.6) is 0 Å². The Hall–Kier alpha value is -3.54. The van der Waals surface area contributed by atoms with Gasteiger partial charge in [0, 0.05) is 12.1 Å². The quantitative estimate of drug-likeness (QED) is 0.618. The second-order valence-corrected chi connectivity index (χ2v) is 5.99. The Morgan fingerprint density at radius 3 is 2.54 bits per heavy atom. The van der Waals surface area contributed by atoms with Crippen molar-refractivity contribution in [1.82, 2.24) is 25.1 Å². The lowest BCUT2D eigenvalue weighted by molar-refractivity contribution is 0.0938. The van der Waals surface area contributed by atoms with Gasteiger partial charge in [0.15, 0.2) is 5.65 Å². The van der Waals surface area contributed by atoms with Gasteiger partial charge in [-0.2, -0.15) is 9.61 Å². The first kappa shape index (κ1) is 16.0. The van der Waals surface area contributed by atoms with Crippen LogP contribution in [0, 0.1) is 6.92 Å². The van der Waals surface area contributed by atoms with Gasteiger partial charge in [-0.1, -0.05) is 54.6 Å². The molecule has 2 aromatic heterocycles. The molecule has 0 aliphatic carbocycles. The number of nitrogens with zero attached hydrogens (tertiary/aromatic N) is 4. The highest BCUT2D eigenvalue weighted by Gasteiger charge is 2.16. The van der Waals surface area contributed by atoms with Crippen molar-refractivity contribution in [3.05, 3.63) is 83.7 Å². The third kappa shape index (κ3) is 3.04. The van der Waals surface area contributed by atoms with Gasteiger partial charge in [-0.25, -0.2) is 0 Å². The molecule has 0 radical (unpaired) electrons. The third-order valence-electron chi connectivity index (χ3n) is 4.24. The Labute approximate surface area is 150 Å². The zero-order chi connectivity index (χ0) is 17.9. The van der Waals surface area contributed by atoms with E-state index in [1.807, 2.05) is 67.6 Å². The molecule has 0 aliphatic heterocycles. The molecule has 0 saturated heterocycles. The summed E-state index contributed by atoms with van der Waals surface area (Å²) in [6.07, 6.45) is 0. The number of amides is 1. The molecule has 6 heteroatoms. The molecule has 128 valence electrons.